The van der Waals surface area contributed by atoms with Crippen molar-refractivity contribution in [1.29, 1.82) is 0 Å². The summed E-state index contributed by atoms with van der Waals surface area (Å²) in [5.74, 6) is 0.734. The Balaban J connectivity index is 1.19. The van der Waals surface area contributed by atoms with E-state index in [0.717, 1.165) is 40.8 Å². The summed E-state index contributed by atoms with van der Waals surface area (Å²) in [6, 6.07) is 24.6. The fraction of sp³-hybridized carbons (Fsp3) is 0.324. The molecular weight excluding hydrogens is 518 g/mol. The summed E-state index contributed by atoms with van der Waals surface area (Å²) < 4.78 is 0. The van der Waals surface area contributed by atoms with Gasteiger partial charge in [0.2, 0.25) is 5.91 Å². The molecule has 1 N–H and O–H groups in total. The second-order valence-electron chi connectivity index (χ2n) is 12.2. The summed E-state index contributed by atoms with van der Waals surface area (Å²) in [5, 5.41) is 0.683. The van der Waals surface area contributed by atoms with E-state index in [1.807, 2.05) is 30.3 Å². The number of aromatic nitrogens is 2. The van der Waals surface area contributed by atoms with E-state index in [-0.39, 0.29) is 28.8 Å². The third kappa shape index (κ3) is 5.11. The first-order valence-corrected chi connectivity index (χ1v) is 14.4. The van der Waals surface area contributed by atoms with Crippen LogP contribution < -0.4 is 5.56 Å². The standard InChI is InChI=1S/C34H34ClN3O2/c1-33(2,3)25-10-5-9-24(19-25)23-8-4-7-22(17-23)18-30(39)38-16-13-29-28(21-38)31(40)37-32(36-29)34(14-15-34)26-11-6-12-27(35)20-26/h4-12,17,19-20H,13-16,18,21H2,1-3H3,(H,36,37,40). The molecule has 5 nitrogen and oxygen atoms in total. The second-order valence-corrected chi connectivity index (χ2v) is 12.6. The van der Waals surface area contributed by atoms with Gasteiger partial charge in [0.05, 0.1) is 29.6 Å². The number of hydrogen-bond acceptors (Lipinski definition) is 3. The summed E-state index contributed by atoms with van der Waals surface area (Å²) in [6.45, 7) is 7.47. The summed E-state index contributed by atoms with van der Waals surface area (Å²) in [4.78, 5) is 36.4. The van der Waals surface area contributed by atoms with E-state index in [1.54, 1.807) is 4.90 Å². The minimum Gasteiger partial charge on any atom is -0.337 e. The number of aromatic amines is 1. The number of benzene rings is 3. The topological polar surface area (TPSA) is 66.1 Å². The fourth-order valence-corrected chi connectivity index (χ4v) is 5.94. The van der Waals surface area contributed by atoms with Crippen LogP contribution in [0.2, 0.25) is 5.02 Å². The minimum atomic E-state index is -0.274. The lowest BCUT2D eigenvalue weighted by Crippen LogP contribution is -2.41. The zero-order valence-corrected chi connectivity index (χ0v) is 24.0. The average molecular weight is 552 g/mol. The molecule has 6 heteroatoms. The van der Waals surface area contributed by atoms with Crippen molar-refractivity contribution in [3.63, 3.8) is 0 Å². The van der Waals surface area contributed by atoms with Gasteiger partial charge in [-0.2, -0.15) is 0 Å². The lowest BCUT2D eigenvalue weighted by atomic mass is 9.85. The molecule has 0 radical (unpaired) electrons. The molecule has 1 amide bonds. The van der Waals surface area contributed by atoms with Crippen molar-refractivity contribution in [2.45, 2.75) is 63.8 Å². The van der Waals surface area contributed by atoms with E-state index < -0.39 is 0 Å². The first-order valence-electron chi connectivity index (χ1n) is 14.0. The highest BCUT2D eigenvalue weighted by atomic mass is 35.5. The zero-order chi connectivity index (χ0) is 28.1. The normalized spacial score (nSPS) is 15.9. The minimum absolute atomic E-state index is 0.0207. The van der Waals surface area contributed by atoms with Crippen LogP contribution in [-0.4, -0.2) is 27.3 Å². The van der Waals surface area contributed by atoms with E-state index >= 15 is 0 Å². The van der Waals surface area contributed by atoms with Crippen LogP contribution in [0.5, 0.6) is 0 Å². The average Bonchev–Trinajstić information content (AvgIpc) is 3.75. The maximum atomic E-state index is 13.4. The SMILES string of the molecule is CC(C)(C)c1cccc(-c2cccc(CC(=O)N3CCc4nc(C5(c6cccc(Cl)c6)CC5)[nH]c(=O)c4C3)c2)c1. The first kappa shape index (κ1) is 26.5. The van der Waals surface area contributed by atoms with Crippen LogP contribution in [0.3, 0.4) is 0 Å². The number of carbonyl (C=O) groups excluding carboxylic acids is 1. The number of fused-ring (bicyclic) bond motifs is 1. The van der Waals surface area contributed by atoms with E-state index in [0.29, 0.717) is 35.8 Å². The monoisotopic (exact) mass is 551 g/mol. The van der Waals surface area contributed by atoms with Crippen molar-refractivity contribution in [3.8, 4) is 11.1 Å². The highest BCUT2D eigenvalue weighted by Gasteiger charge is 2.49. The van der Waals surface area contributed by atoms with Crippen molar-refractivity contribution in [2.24, 2.45) is 0 Å². The molecule has 40 heavy (non-hydrogen) atoms. The van der Waals surface area contributed by atoms with Gasteiger partial charge in [-0.05, 0) is 58.2 Å². The van der Waals surface area contributed by atoms with Crippen molar-refractivity contribution in [1.82, 2.24) is 14.9 Å². The van der Waals surface area contributed by atoms with Crippen molar-refractivity contribution in [3.05, 3.63) is 122 Å². The van der Waals surface area contributed by atoms with Gasteiger partial charge in [-0.15, -0.1) is 0 Å². The van der Waals surface area contributed by atoms with E-state index in [1.165, 1.54) is 5.56 Å². The number of hydrogen-bond donors (Lipinski definition) is 1. The maximum absolute atomic E-state index is 13.4. The van der Waals surface area contributed by atoms with Gasteiger partial charge in [-0.25, -0.2) is 4.98 Å². The van der Waals surface area contributed by atoms with Crippen LogP contribution >= 0.6 is 11.6 Å². The number of nitrogens with one attached hydrogen (secondary N) is 1. The van der Waals surface area contributed by atoms with Crippen molar-refractivity contribution < 1.29 is 4.79 Å². The predicted molar refractivity (Wildman–Crippen MR) is 160 cm³/mol. The molecule has 0 unspecified atom stereocenters. The quantitative estimate of drug-likeness (QED) is 0.304. The number of carbonyl (C=O) groups is 1. The molecule has 0 saturated heterocycles. The molecule has 4 aromatic rings. The van der Waals surface area contributed by atoms with Gasteiger partial charge in [-0.3, -0.25) is 9.59 Å². The van der Waals surface area contributed by atoms with Gasteiger partial charge in [0.25, 0.3) is 5.56 Å². The molecule has 2 heterocycles. The van der Waals surface area contributed by atoms with Gasteiger partial charge in [0, 0.05) is 18.0 Å². The summed E-state index contributed by atoms with van der Waals surface area (Å²) >= 11 is 6.25. The molecule has 3 aromatic carbocycles. The highest BCUT2D eigenvalue weighted by Crippen LogP contribution is 2.52. The van der Waals surface area contributed by atoms with Crippen LogP contribution in [-0.2, 0) is 35.0 Å². The molecule has 6 rings (SSSR count). The smallest absolute Gasteiger partial charge is 0.256 e. The predicted octanol–water partition coefficient (Wildman–Crippen LogP) is 6.60. The molecule has 1 aromatic heterocycles. The molecule has 0 bridgehead atoms. The number of amides is 1. The first-order chi connectivity index (χ1) is 19.1. The van der Waals surface area contributed by atoms with Crippen LogP contribution in [0.1, 0.15) is 67.4 Å². The molecule has 2 aliphatic rings. The van der Waals surface area contributed by atoms with E-state index in [2.05, 4.69) is 68.2 Å². The molecular formula is C34H34ClN3O2. The Morgan fingerprint density at radius 1 is 1.00 bits per heavy atom. The highest BCUT2D eigenvalue weighted by molar-refractivity contribution is 6.30. The molecule has 0 spiro atoms. The summed E-state index contributed by atoms with van der Waals surface area (Å²) in [6.07, 6.45) is 2.73. The molecule has 204 valence electrons. The maximum Gasteiger partial charge on any atom is 0.256 e. The Morgan fingerprint density at radius 3 is 2.45 bits per heavy atom. The second kappa shape index (κ2) is 10.0. The molecule has 0 atom stereocenters. The number of rotatable bonds is 5. The van der Waals surface area contributed by atoms with Gasteiger partial charge < -0.3 is 9.88 Å². The van der Waals surface area contributed by atoms with E-state index in [4.69, 9.17) is 16.6 Å². The lowest BCUT2D eigenvalue weighted by Gasteiger charge is -2.29. The number of nitrogens with zero attached hydrogens (tertiary/aromatic N) is 2. The van der Waals surface area contributed by atoms with Gasteiger partial charge in [0.15, 0.2) is 0 Å². The Labute approximate surface area is 240 Å². The van der Waals surface area contributed by atoms with Crippen LogP contribution in [0.15, 0.2) is 77.6 Å². The van der Waals surface area contributed by atoms with Crippen LogP contribution in [0.4, 0.5) is 0 Å². The number of halogens is 1. The Morgan fingerprint density at radius 2 is 1.73 bits per heavy atom. The Hall–Kier alpha value is -3.70. The lowest BCUT2D eigenvalue weighted by molar-refractivity contribution is -0.131. The number of H-pyrrole nitrogens is 1. The molecule has 1 aliphatic carbocycles. The van der Waals surface area contributed by atoms with Crippen molar-refractivity contribution >= 4 is 17.5 Å². The van der Waals surface area contributed by atoms with Crippen LogP contribution in [0, 0.1) is 0 Å². The zero-order valence-electron chi connectivity index (χ0n) is 23.3. The largest absolute Gasteiger partial charge is 0.337 e. The molecule has 1 fully saturated rings. The Kier molecular flexibility index (Phi) is 6.66. The van der Waals surface area contributed by atoms with Crippen LogP contribution in [0.25, 0.3) is 11.1 Å². The molecule has 1 saturated carbocycles. The summed E-state index contributed by atoms with van der Waals surface area (Å²) in [5.41, 5.74) is 6.62. The van der Waals surface area contributed by atoms with Gasteiger partial charge in [0.1, 0.15) is 5.82 Å². The fourth-order valence-electron chi connectivity index (χ4n) is 5.75. The van der Waals surface area contributed by atoms with E-state index in [9.17, 15) is 9.59 Å². The van der Waals surface area contributed by atoms with Gasteiger partial charge in [-0.1, -0.05) is 93.0 Å². The third-order valence-corrected chi connectivity index (χ3v) is 8.58. The third-order valence-electron chi connectivity index (χ3n) is 8.35. The summed E-state index contributed by atoms with van der Waals surface area (Å²) in [7, 11) is 0. The van der Waals surface area contributed by atoms with Gasteiger partial charge >= 0.3 is 0 Å². The Bertz CT molecular complexity index is 1660. The van der Waals surface area contributed by atoms with Crippen molar-refractivity contribution in [2.75, 3.05) is 6.54 Å². The molecule has 1 aliphatic heterocycles.